The standard InChI is InChI=1S/C21H29N5O2/c1-15(2)13-26-9-7-16(14-26)10-25-21(28)18-5-6-19(24-12-18)23-11-17-4-3-8-22-20(17)27/h3-6,8,12,15-16H,7,9-11,13-14H2,1-2H3,(H,22,27)(H,23,24)(H,25,28)/t16-/m1/s1. The lowest BCUT2D eigenvalue weighted by Crippen LogP contribution is -2.32. The van der Waals surface area contributed by atoms with E-state index in [0.29, 0.717) is 41.9 Å². The van der Waals surface area contributed by atoms with Crippen LogP contribution in [0.4, 0.5) is 5.82 Å². The van der Waals surface area contributed by atoms with Gasteiger partial charge in [-0.15, -0.1) is 0 Å². The zero-order chi connectivity index (χ0) is 19.9. The number of likely N-dealkylation sites (tertiary alicyclic amines) is 1. The summed E-state index contributed by atoms with van der Waals surface area (Å²) < 4.78 is 0. The van der Waals surface area contributed by atoms with E-state index in [1.165, 1.54) is 0 Å². The fraction of sp³-hybridized carbons (Fsp3) is 0.476. The van der Waals surface area contributed by atoms with Crippen LogP contribution < -0.4 is 16.2 Å². The van der Waals surface area contributed by atoms with Crippen molar-refractivity contribution in [2.45, 2.75) is 26.8 Å². The molecule has 3 rings (SSSR count). The molecule has 2 aromatic heterocycles. The van der Waals surface area contributed by atoms with Crippen LogP contribution in [0.3, 0.4) is 0 Å². The third-order valence-corrected chi connectivity index (χ3v) is 4.93. The van der Waals surface area contributed by atoms with Gasteiger partial charge in [0.2, 0.25) is 0 Å². The minimum absolute atomic E-state index is 0.0964. The van der Waals surface area contributed by atoms with Gasteiger partial charge >= 0.3 is 0 Å². The Bertz CT molecular complexity index is 831. The number of carbonyl (C=O) groups excluding carboxylic acids is 1. The number of anilines is 1. The van der Waals surface area contributed by atoms with Crippen molar-refractivity contribution in [2.75, 3.05) is 31.5 Å². The summed E-state index contributed by atoms with van der Waals surface area (Å²) >= 11 is 0. The average Bonchev–Trinajstić information content (AvgIpc) is 3.12. The molecular formula is C21H29N5O2. The number of aromatic amines is 1. The van der Waals surface area contributed by atoms with E-state index in [2.05, 4.69) is 39.3 Å². The quantitative estimate of drug-likeness (QED) is 0.649. The van der Waals surface area contributed by atoms with Gasteiger partial charge in [0.25, 0.3) is 11.5 Å². The predicted molar refractivity (Wildman–Crippen MR) is 110 cm³/mol. The molecule has 28 heavy (non-hydrogen) atoms. The Morgan fingerprint density at radius 1 is 1.36 bits per heavy atom. The molecule has 0 bridgehead atoms. The summed E-state index contributed by atoms with van der Waals surface area (Å²) in [4.78, 5) is 33.4. The number of pyridine rings is 2. The van der Waals surface area contributed by atoms with Crippen LogP contribution >= 0.6 is 0 Å². The Labute approximate surface area is 165 Å². The van der Waals surface area contributed by atoms with Crippen molar-refractivity contribution in [1.29, 1.82) is 0 Å². The highest BCUT2D eigenvalue weighted by Crippen LogP contribution is 2.17. The molecule has 0 radical (unpaired) electrons. The normalized spacial score (nSPS) is 17.0. The maximum atomic E-state index is 12.4. The summed E-state index contributed by atoms with van der Waals surface area (Å²) in [5.74, 6) is 1.72. The molecule has 1 aliphatic rings. The number of hydrogen-bond donors (Lipinski definition) is 3. The first-order valence-electron chi connectivity index (χ1n) is 9.88. The van der Waals surface area contributed by atoms with Crippen molar-refractivity contribution in [2.24, 2.45) is 11.8 Å². The first-order chi connectivity index (χ1) is 13.5. The molecule has 2 aromatic rings. The molecule has 1 saturated heterocycles. The summed E-state index contributed by atoms with van der Waals surface area (Å²) in [5.41, 5.74) is 1.05. The molecule has 1 atom stereocenters. The van der Waals surface area contributed by atoms with Gasteiger partial charge in [-0.1, -0.05) is 19.9 Å². The molecule has 0 unspecified atom stereocenters. The summed E-state index contributed by atoms with van der Waals surface area (Å²) in [6, 6.07) is 7.05. The molecule has 7 heteroatoms. The minimum atomic E-state index is -0.120. The summed E-state index contributed by atoms with van der Waals surface area (Å²) in [5, 5.41) is 6.12. The van der Waals surface area contributed by atoms with E-state index in [4.69, 9.17) is 0 Å². The number of nitrogens with one attached hydrogen (secondary N) is 3. The van der Waals surface area contributed by atoms with Crippen molar-refractivity contribution in [3.63, 3.8) is 0 Å². The first kappa shape index (κ1) is 20.1. The van der Waals surface area contributed by atoms with Crippen molar-refractivity contribution < 1.29 is 4.79 Å². The molecule has 0 spiro atoms. The highest BCUT2D eigenvalue weighted by molar-refractivity contribution is 5.94. The number of aromatic nitrogens is 2. The zero-order valence-corrected chi connectivity index (χ0v) is 16.6. The van der Waals surface area contributed by atoms with Gasteiger partial charge < -0.3 is 20.5 Å². The summed E-state index contributed by atoms with van der Waals surface area (Å²) in [6.45, 7) is 8.84. The SMILES string of the molecule is CC(C)CN1CC[C@H](CNC(=O)c2ccc(NCc3ccc[nH]c3=O)nc2)C1. The van der Waals surface area contributed by atoms with E-state index in [-0.39, 0.29) is 11.5 Å². The molecule has 1 fully saturated rings. The summed E-state index contributed by atoms with van der Waals surface area (Å²) in [7, 11) is 0. The molecule has 1 amide bonds. The van der Waals surface area contributed by atoms with Gasteiger partial charge in [-0.25, -0.2) is 4.98 Å². The first-order valence-corrected chi connectivity index (χ1v) is 9.88. The van der Waals surface area contributed by atoms with Crippen LogP contribution in [0.15, 0.2) is 41.5 Å². The van der Waals surface area contributed by atoms with Crippen LogP contribution in [0.5, 0.6) is 0 Å². The molecule has 0 saturated carbocycles. The van der Waals surface area contributed by atoms with Gasteiger partial charge in [-0.05, 0) is 43.0 Å². The van der Waals surface area contributed by atoms with Crippen LogP contribution in [-0.2, 0) is 6.54 Å². The lowest BCUT2D eigenvalue weighted by atomic mass is 10.1. The van der Waals surface area contributed by atoms with E-state index in [1.54, 1.807) is 36.7 Å². The topological polar surface area (TPSA) is 90.1 Å². The maximum absolute atomic E-state index is 12.4. The zero-order valence-electron chi connectivity index (χ0n) is 16.6. The van der Waals surface area contributed by atoms with Gasteiger partial charge in [-0.2, -0.15) is 0 Å². The van der Waals surface area contributed by atoms with Crippen LogP contribution in [0.2, 0.25) is 0 Å². The van der Waals surface area contributed by atoms with Crippen LogP contribution in [0.25, 0.3) is 0 Å². The number of nitrogens with zero attached hydrogens (tertiary/aromatic N) is 2. The number of H-pyrrole nitrogens is 1. The molecule has 3 heterocycles. The van der Waals surface area contributed by atoms with Gasteiger partial charge in [0.15, 0.2) is 0 Å². The van der Waals surface area contributed by atoms with Crippen LogP contribution in [-0.4, -0.2) is 47.0 Å². The Hall–Kier alpha value is -2.67. The van der Waals surface area contributed by atoms with E-state index < -0.39 is 0 Å². The van der Waals surface area contributed by atoms with Gasteiger partial charge in [0, 0.05) is 44.1 Å². The van der Waals surface area contributed by atoms with Gasteiger partial charge in [0.05, 0.1) is 5.56 Å². The van der Waals surface area contributed by atoms with Crippen LogP contribution in [0.1, 0.15) is 36.2 Å². The number of hydrogen-bond acceptors (Lipinski definition) is 5. The van der Waals surface area contributed by atoms with E-state index in [9.17, 15) is 9.59 Å². The van der Waals surface area contributed by atoms with Crippen molar-refractivity contribution in [1.82, 2.24) is 20.2 Å². The number of rotatable bonds is 8. The van der Waals surface area contributed by atoms with Crippen molar-refractivity contribution >= 4 is 11.7 Å². The lowest BCUT2D eigenvalue weighted by Gasteiger charge is -2.18. The monoisotopic (exact) mass is 383 g/mol. The Balaban J connectivity index is 1.45. The largest absolute Gasteiger partial charge is 0.366 e. The van der Waals surface area contributed by atoms with Gasteiger partial charge in [-0.3, -0.25) is 9.59 Å². The molecule has 1 aliphatic heterocycles. The smallest absolute Gasteiger partial charge is 0.252 e. The Kier molecular flexibility index (Phi) is 6.81. The summed E-state index contributed by atoms with van der Waals surface area (Å²) in [6.07, 6.45) is 4.30. The molecule has 0 aliphatic carbocycles. The fourth-order valence-electron chi connectivity index (χ4n) is 3.51. The molecule has 0 aromatic carbocycles. The van der Waals surface area contributed by atoms with Crippen molar-refractivity contribution in [3.8, 4) is 0 Å². The van der Waals surface area contributed by atoms with Crippen molar-refractivity contribution in [3.05, 3.63) is 58.1 Å². The highest BCUT2D eigenvalue weighted by atomic mass is 16.1. The van der Waals surface area contributed by atoms with E-state index in [0.717, 1.165) is 26.1 Å². The maximum Gasteiger partial charge on any atom is 0.252 e. The molecule has 150 valence electrons. The average molecular weight is 383 g/mol. The second kappa shape index (κ2) is 9.50. The molecule has 7 nitrogen and oxygen atoms in total. The number of amides is 1. The number of carbonyl (C=O) groups is 1. The van der Waals surface area contributed by atoms with E-state index >= 15 is 0 Å². The Morgan fingerprint density at radius 3 is 2.93 bits per heavy atom. The second-order valence-corrected chi connectivity index (χ2v) is 7.83. The minimum Gasteiger partial charge on any atom is -0.366 e. The molecule has 3 N–H and O–H groups in total. The highest BCUT2D eigenvalue weighted by Gasteiger charge is 2.23. The lowest BCUT2D eigenvalue weighted by molar-refractivity contribution is 0.0947. The third kappa shape index (κ3) is 5.66. The van der Waals surface area contributed by atoms with E-state index in [1.807, 2.05) is 0 Å². The van der Waals surface area contributed by atoms with Crippen LogP contribution in [0, 0.1) is 11.8 Å². The fourth-order valence-corrected chi connectivity index (χ4v) is 3.51. The third-order valence-electron chi connectivity index (χ3n) is 4.93. The Morgan fingerprint density at radius 2 is 2.21 bits per heavy atom. The predicted octanol–water partition coefficient (Wildman–Crippen LogP) is 2.09. The van der Waals surface area contributed by atoms with Gasteiger partial charge in [0.1, 0.15) is 5.82 Å². The molecular weight excluding hydrogens is 354 g/mol. The second-order valence-electron chi connectivity index (χ2n) is 7.83.